The summed E-state index contributed by atoms with van der Waals surface area (Å²) in [7, 11) is 0. The largest absolute Gasteiger partial charge is 0.389 e. The van der Waals surface area contributed by atoms with E-state index in [-0.39, 0.29) is 6.10 Å². The molecule has 0 saturated carbocycles. The van der Waals surface area contributed by atoms with Crippen molar-refractivity contribution in [1.29, 1.82) is 0 Å². The predicted octanol–water partition coefficient (Wildman–Crippen LogP) is 5.38. The molecule has 0 radical (unpaired) electrons. The van der Waals surface area contributed by atoms with Crippen molar-refractivity contribution in [3.8, 4) is 0 Å². The summed E-state index contributed by atoms with van der Waals surface area (Å²) in [6.45, 7) is 2.25. The van der Waals surface area contributed by atoms with Crippen LogP contribution in [0.4, 0.5) is 0 Å². The summed E-state index contributed by atoms with van der Waals surface area (Å²) >= 11 is 0. The summed E-state index contributed by atoms with van der Waals surface area (Å²) in [6.07, 6.45) is 18.7. The minimum atomic E-state index is -0.144. The van der Waals surface area contributed by atoms with Gasteiger partial charge in [0.05, 0.1) is 6.10 Å². The van der Waals surface area contributed by atoms with E-state index in [4.69, 9.17) is 0 Å². The van der Waals surface area contributed by atoms with Gasteiger partial charge in [0, 0.05) is 0 Å². The molecular weight excluding hydrogens is 220 g/mol. The smallest absolute Gasteiger partial charge is 0.0750 e. The van der Waals surface area contributed by atoms with E-state index in [1.807, 2.05) is 0 Å². The van der Waals surface area contributed by atoms with Gasteiger partial charge in [0.2, 0.25) is 0 Å². The van der Waals surface area contributed by atoms with Gasteiger partial charge >= 0.3 is 0 Å². The van der Waals surface area contributed by atoms with Crippen LogP contribution >= 0.6 is 0 Å². The molecule has 0 fully saturated rings. The summed E-state index contributed by atoms with van der Waals surface area (Å²) in [6, 6.07) is 0. The van der Waals surface area contributed by atoms with Crippen molar-refractivity contribution >= 4 is 0 Å². The maximum atomic E-state index is 10.2. The molecule has 0 aromatic rings. The van der Waals surface area contributed by atoms with Gasteiger partial charge in [0.25, 0.3) is 0 Å². The fourth-order valence-corrected chi connectivity index (χ4v) is 2.82. The highest BCUT2D eigenvalue weighted by atomic mass is 16.3. The molecule has 0 spiro atoms. The summed E-state index contributed by atoms with van der Waals surface area (Å²) in [5.41, 5.74) is 1.34. The van der Waals surface area contributed by atoms with Gasteiger partial charge in [-0.3, -0.25) is 0 Å². The SMILES string of the molecule is CCCCCCCCC(O)C1=CCCCCCC1. The van der Waals surface area contributed by atoms with Crippen LogP contribution in [0.5, 0.6) is 0 Å². The lowest BCUT2D eigenvalue weighted by Gasteiger charge is -2.17. The highest BCUT2D eigenvalue weighted by molar-refractivity contribution is 5.08. The van der Waals surface area contributed by atoms with E-state index >= 15 is 0 Å². The second-order valence-corrected chi connectivity index (χ2v) is 5.80. The monoisotopic (exact) mass is 252 g/mol. The van der Waals surface area contributed by atoms with E-state index in [1.54, 1.807) is 0 Å². The minimum absolute atomic E-state index is 0.144. The molecule has 1 heteroatoms. The quantitative estimate of drug-likeness (QED) is 0.454. The van der Waals surface area contributed by atoms with E-state index < -0.39 is 0 Å². The van der Waals surface area contributed by atoms with Crippen LogP contribution in [0.2, 0.25) is 0 Å². The van der Waals surface area contributed by atoms with E-state index in [9.17, 15) is 5.11 Å². The number of aliphatic hydroxyl groups is 1. The Balaban J connectivity index is 2.12. The molecule has 106 valence electrons. The van der Waals surface area contributed by atoms with Crippen LogP contribution in [0, 0.1) is 0 Å². The number of rotatable bonds is 8. The van der Waals surface area contributed by atoms with Crippen LogP contribution < -0.4 is 0 Å². The van der Waals surface area contributed by atoms with Gasteiger partial charge in [-0.1, -0.05) is 64.4 Å². The van der Waals surface area contributed by atoms with Crippen molar-refractivity contribution in [2.45, 2.75) is 96.5 Å². The molecule has 1 rings (SSSR count). The molecule has 0 aromatic heterocycles. The molecule has 18 heavy (non-hydrogen) atoms. The van der Waals surface area contributed by atoms with Crippen LogP contribution in [0.25, 0.3) is 0 Å². The number of hydrogen-bond donors (Lipinski definition) is 1. The van der Waals surface area contributed by atoms with E-state index in [0.29, 0.717) is 0 Å². The Morgan fingerprint density at radius 3 is 2.56 bits per heavy atom. The van der Waals surface area contributed by atoms with Crippen molar-refractivity contribution in [2.75, 3.05) is 0 Å². The lowest BCUT2D eigenvalue weighted by Crippen LogP contribution is -2.11. The van der Waals surface area contributed by atoms with Crippen LogP contribution in [0.15, 0.2) is 11.6 Å². The van der Waals surface area contributed by atoms with Crippen molar-refractivity contribution in [2.24, 2.45) is 0 Å². The van der Waals surface area contributed by atoms with Crippen molar-refractivity contribution in [1.82, 2.24) is 0 Å². The zero-order valence-corrected chi connectivity index (χ0v) is 12.3. The second kappa shape index (κ2) is 10.6. The first kappa shape index (κ1) is 15.8. The number of unbranched alkanes of at least 4 members (excludes halogenated alkanes) is 5. The average Bonchev–Trinajstić information content (AvgIpc) is 2.33. The molecule has 0 amide bonds. The molecule has 0 aromatic carbocycles. The van der Waals surface area contributed by atoms with Gasteiger partial charge in [0.15, 0.2) is 0 Å². The maximum absolute atomic E-state index is 10.2. The van der Waals surface area contributed by atoms with E-state index in [1.165, 1.54) is 76.2 Å². The van der Waals surface area contributed by atoms with Crippen molar-refractivity contribution in [3.63, 3.8) is 0 Å². The predicted molar refractivity (Wildman–Crippen MR) is 79.8 cm³/mol. The van der Waals surface area contributed by atoms with E-state index in [0.717, 1.165) is 12.8 Å². The van der Waals surface area contributed by atoms with E-state index in [2.05, 4.69) is 13.0 Å². The third-order valence-corrected chi connectivity index (χ3v) is 4.09. The average molecular weight is 252 g/mol. The topological polar surface area (TPSA) is 20.2 Å². The Morgan fingerprint density at radius 1 is 1.00 bits per heavy atom. The number of allylic oxidation sites excluding steroid dienone is 1. The molecule has 0 aliphatic heterocycles. The zero-order valence-electron chi connectivity index (χ0n) is 12.3. The highest BCUT2D eigenvalue weighted by Gasteiger charge is 2.11. The Bertz CT molecular complexity index is 220. The number of aliphatic hydroxyl groups excluding tert-OH is 1. The molecule has 1 nitrogen and oxygen atoms in total. The lowest BCUT2D eigenvalue weighted by atomic mass is 9.93. The highest BCUT2D eigenvalue weighted by Crippen LogP contribution is 2.22. The van der Waals surface area contributed by atoms with Crippen LogP contribution in [-0.4, -0.2) is 11.2 Å². The van der Waals surface area contributed by atoms with Crippen LogP contribution in [-0.2, 0) is 0 Å². The molecule has 0 bridgehead atoms. The third-order valence-electron chi connectivity index (χ3n) is 4.09. The first-order valence-electron chi connectivity index (χ1n) is 8.21. The van der Waals surface area contributed by atoms with Gasteiger partial charge < -0.3 is 5.11 Å². The molecule has 1 N–H and O–H groups in total. The second-order valence-electron chi connectivity index (χ2n) is 5.80. The van der Waals surface area contributed by atoms with Crippen molar-refractivity contribution < 1.29 is 5.11 Å². The summed E-state index contributed by atoms with van der Waals surface area (Å²) in [4.78, 5) is 0. The van der Waals surface area contributed by atoms with Gasteiger partial charge in [0.1, 0.15) is 0 Å². The van der Waals surface area contributed by atoms with Crippen LogP contribution in [0.1, 0.15) is 90.4 Å². The first-order valence-corrected chi connectivity index (χ1v) is 8.21. The molecular formula is C17H32O. The molecule has 0 heterocycles. The molecule has 0 saturated heterocycles. The van der Waals surface area contributed by atoms with Gasteiger partial charge in [-0.2, -0.15) is 0 Å². The maximum Gasteiger partial charge on any atom is 0.0750 e. The lowest BCUT2D eigenvalue weighted by molar-refractivity contribution is 0.190. The summed E-state index contributed by atoms with van der Waals surface area (Å²) in [5, 5.41) is 10.2. The minimum Gasteiger partial charge on any atom is -0.389 e. The normalized spacial score (nSPS) is 18.9. The zero-order chi connectivity index (χ0) is 13.1. The fraction of sp³-hybridized carbons (Fsp3) is 0.882. The molecule has 1 atom stereocenters. The van der Waals surface area contributed by atoms with Gasteiger partial charge in [-0.05, 0) is 37.7 Å². The fourth-order valence-electron chi connectivity index (χ4n) is 2.82. The van der Waals surface area contributed by atoms with Crippen LogP contribution in [0.3, 0.4) is 0 Å². The van der Waals surface area contributed by atoms with Crippen molar-refractivity contribution in [3.05, 3.63) is 11.6 Å². The Kier molecular flexibility index (Phi) is 9.28. The number of hydrogen-bond acceptors (Lipinski definition) is 1. The Hall–Kier alpha value is -0.300. The van der Waals surface area contributed by atoms with Gasteiger partial charge in [-0.25, -0.2) is 0 Å². The Morgan fingerprint density at radius 2 is 1.72 bits per heavy atom. The third kappa shape index (κ3) is 7.20. The standard InChI is InChI=1S/C17H32O/c1-2-3-4-5-9-12-15-17(18)16-13-10-7-6-8-11-14-16/h13,17-18H,2-12,14-15H2,1H3. The first-order chi connectivity index (χ1) is 8.84. The summed E-state index contributed by atoms with van der Waals surface area (Å²) < 4.78 is 0. The summed E-state index contributed by atoms with van der Waals surface area (Å²) in [5.74, 6) is 0. The molecule has 1 aliphatic rings. The molecule has 1 unspecified atom stereocenters. The van der Waals surface area contributed by atoms with Gasteiger partial charge in [-0.15, -0.1) is 0 Å². The Labute approximate surface area is 114 Å². The molecule has 1 aliphatic carbocycles.